The maximum absolute atomic E-state index is 10.7. The fraction of sp³-hybridized carbons (Fsp3) is 0.226. The van der Waals surface area contributed by atoms with Gasteiger partial charge in [0.1, 0.15) is 22.1 Å². The molecule has 0 aliphatic rings. The van der Waals surface area contributed by atoms with Crippen LogP contribution in [0.4, 0.5) is 5.69 Å². The molecule has 0 radical (unpaired) electrons. The van der Waals surface area contributed by atoms with Crippen LogP contribution in [0.1, 0.15) is 38.2 Å². The van der Waals surface area contributed by atoms with E-state index in [1.165, 1.54) is 12.8 Å². The zero-order valence-corrected chi connectivity index (χ0v) is 23.8. The van der Waals surface area contributed by atoms with Gasteiger partial charge in [-0.05, 0) is 79.1 Å². The number of phenolic OH excluding ortho intramolecular Hbond substituents is 1. The third kappa shape index (κ3) is 6.00. The summed E-state index contributed by atoms with van der Waals surface area (Å²) >= 11 is 5.03. The third-order valence-corrected chi connectivity index (χ3v) is 7.83. The van der Waals surface area contributed by atoms with Gasteiger partial charge >= 0.3 is 0 Å². The van der Waals surface area contributed by atoms with Crippen LogP contribution >= 0.6 is 27.3 Å². The highest BCUT2D eigenvalue weighted by Crippen LogP contribution is 2.32. The van der Waals surface area contributed by atoms with E-state index in [9.17, 15) is 5.11 Å². The molecule has 2 aromatic heterocycles. The van der Waals surface area contributed by atoms with Crippen LogP contribution in [0.3, 0.4) is 0 Å². The molecule has 0 bridgehead atoms. The van der Waals surface area contributed by atoms with Crippen molar-refractivity contribution < 1.29 is 14.3 Å². The average Bonchev–Trinajstić information content (AvgIpc) is 3.42. The summed E-state index contributed by atoms with van der Waals surface area (Å²) in [7, 11) is 1.66. The van der Waals surface area contributed by atoms with Crippen LogP contribution < -0.4 is 10.3 Å². The fourth-order valence-electron chi connectivity index (χ4n) is 4.31. The van der Waals surface area contributed by atoms with Gasteiger partial charge in [-0.15, -0.1) is 11.3 Å². The molecule has 0 saturated heterocycles. The van der Waals surface area contributed by atoms with Crippen molar-refractivity contribution >= 4 is 43.9 Å². The number of ether oxygens (including phenoxy) is 1. The van der Waals surface area contributed by atoms with Crippen LogP contribution in [0.2, 0.25) is 0 Å². The topological polar surface area (TPSA) is 67.9 Å². The first-order chi connectivity index (χ1) is 18.5. The van der Waals surface area contributed by atoms with Crippen molar-refractivity contribution in [1.29, 1.82) is 0 Å². The minimum Gasteiger partial charge on any atom is -0.508 e. The Hall–Kier alpha value is -3.42. The highest BCUT2D eigenvalue weighted by atomic mass is 79.9. The molecule has 0 atom stereocenters. The van der Waals surface area contributed by atoms with Crippen LogP contribution in [0, 0.1) is 0 Å². The highest BCUT2D eigenvalue weighted by molar-refractivity contribution is 9.10. The van der Waals surface area contributed by atoms with E-state index in [-0.39, 0.29) is 5.75 Å². The Kier molecular flexibility index (Phi) is 8.25. The molecule has 0 unspecified atom stereocenters. The van der Waals surface area contributed by atoms with Gasteiger partial charge in [-0.25, -0.2) is 9.98 Å². The maximum atomic E-state index is 10.7. The molecule has 1 N–H and O–H groups in total. The lowest BCUT2D eigenvalue weighted by Crippen LogP contribution is -2.05. The quantitative estimate of drug-likeness (QED) is 0.174. The summed E-state index contributed by atoms with van der Waals surface area (Å²) in [5.74, 6) is 1.07. The molecule has 2 heterocycles. The van der Waals surface area contributed by atoms with Crippen molar-refractivity contribution in [2.24, 2.45) is 4.99 Å². The molecular weight excluding hydrogens is 560 g/mol. The lowest BCUT2D eigenvalue weighted by molar-refractivity contribution is 0.415. The second-order valence-electron chi connectivity index (χ2n) is 9.15. The van der Waals surface area contributed by atoms with E-state index in [2.05, 4.69) is 28.9 Å². The Balaban J connectivity index is 1.60. The Morgan fingerprint density at radius 2 is 1.79 bits per heavy atom. The summed E-state index contributed by atoms with van der Waals surface area (Å²) in [5, 5.41) is 14.5. The van der Waals surface area contributed by atoms with Gasteiger partial charge in [0.15, 0.2) is 0 Å². The molecule has 7 heteroatoms. The number of nitrogens with zero attached hydrogens (tertiary/aromatic N) is 2. The molecule has 5 nitrogen and oxygen atoms in total. The molecule has 3 aromatic carbocycles. The number of hydrogen-bond donors (Lipinski definition) is 1. The number of aryl methyl sites for hydroxylation is 1. The SMILES string of the molecule is CCCCCCc1cc2cc(-c3nc(-c4ccc(OC)cc4)cs3)c(=Nc3ccc(Br)cc3)oc2cc1O. The number of benzene rings is 3. The zero-order valence-electron chi connectivity index (χ0n) is 21.4. The van der Waals surface area contributed by atoms with Crippen molar-refractivity contribution in [2.45, 2.75) is 39.0 Å². The Labute approximate surface area is 234 Å². The second kappa shape index (κ2) is 12.0. The second-order valence-corrected chi connectivity index (χ2v) is 10.9. The van der Waals surface area contributed by atoms with E-state index in [1.807, 2.05) is 60.0 Å². The van der Waals surface area contributed by atoms with Gasteiger partial charge in [0.05, 0.1) is 24.1 Å². The van der Waals surface area contributed by atoms with E-state index < -0.39 is 0 Å². The Morgan fingerprint density at radius 1 is 1.00 bits per heavy atom. The standard InChI is InChI=1S/C31H29BrN2O3S/c1-3-4-5-6-7-21-16-22-17-26(31-34-27(19-38-31)20-8-14-25(36-2)15-9-20)30(37-29(22)18-28(21)35)33-24-12-10-23(32)11-13-24/h8-19,35H,3-7H2,1-2H3. The lowest BCUT2D eigenvalue weighted by Gasteiger charge is -2.08. The molecular formula is C31H29BrN2O3S. The van der Waals surface area contributed by atoms with Gasteiger partial charge in [0.25, 0.3) is 0 Å². The number of unbranched alkanes of at least 4 members (excludes halogenated alkanes) is 3. The van der Waals surface area contributed by atoms with E-state index in [1.54, 1.807) is 24.5 Å². The van der Waals surface area contributed by atoms with Gasteiger partial charge in [0, 0.05) is 26.9 Å². The van der Waals surface area contributed by atoms with Gasteiger partial charge in [-0.1, -0.05) is 42.1 Å². The van der Waals surface area contributed by atoms with Gasteiger partial charge in [-0.2, -0.15) is 0 Å². The predicted octanol–water partition coefficient (Wildman–Crippen LogP) is 9.06. The first-order valence-electron chi connectivity index (χ1n) is 12.7. The summed E-state index contributed by atoms with van der Waals surface area (Å²) in [6, 6.07) is 21.4. The first-order valence-corrected chi connectivity index (χ1v) is 14.4. The monoisotopic (exact) mass is 588 g/mol. The van der Waals surface area contributed by atoms with Gasteiger partial charge in [-0.3, -0.25) is 0 Å². The number of aromatic nitrogens is 1. The Bertz CT molecular complexity index is 1610. The summed E-state index contributed by atoms with van der Waals surface area (Å²) in [5.41, 5.74) is 5.44. The number of thiazole rings is 1. The number of phenols is 1. The minimum atomic E-state index is 0.260. The number of halogens is 1. The van der Waals surface area contributed by atoms with E-state index >= 15 is 0 Å². The van der Waals surface area contributed by atoms with Gasteiger partial charge < -0.3 is 14.3 Å². The third-order valence-electron chi connectivity index (χ3n) is 6.43. The molecule has 38 heavy (non-hydrogen) atoms. The van der Waals surface area contributed by atoms with Crippen molar-refractivity contribution in [3.05, 3.63) is 87.7 Å². The van der Waals surface area contributed by atoms with Crippen molar-refractivity contribution in [3.8, 4) is 33.3 Å². The summed E-state index contributed by atoms with van der Waals surface area (Å²) in [6.07, 6.45) is 5.42. The minimum absolute atomic E-state index is 0.260. The smallest absolute Gasteiger partial charge is 0.230 e. The predicted molar refractivity (Wildman–Crippen MR) is 158 cm³/mol. The van der Waals surface area contributed by atoms with E-state index in [4.69, 9.17) is 19.1 Å². The lowest BCUT2D eigenvalue weighted by atomic mass is 10.0. The summed E-state index contributed by atoms with van der Waals surface area (Å²) < 4.78 is 12.6. The van der Waals surface area contributed by atoms with E-state index in [0.717, 1.165) is 68.0 Å². The van der Waals surface area contributed by atoms with Gasteiger partial charge in [0.2, 0.25) is 5.55 Å². The molecule has 5 aromatic rings. The number of hydrogen-bond acceptors (Lipinski definition) is 6. The van der Waals surface area contributed by atoms with Crippen LogP contribution in [-0.2, 0) is 6.42 Å². The summed E-state index contributed by atoms with van der Waals surface area (Å²) in [4.78, 5) is 9.76. The molecule has 0 fully saturated rings. The normalized spacial score (nSPS) is 11.8. The van der Waals surface area contributed by atoms with Crippen LogP contribution in [-0.4, -0.2) is 17.2 Å². The van der Waals surface area contributed by atoms with Crippen molar-refractivity contribution in [3.63, 3.8) is 0 Å². The molecule has 0 saturated carbocycles. The van der Waals surface area contributed by atoms with E-state index in [0.29, 0.717) is 11.1 Å². The molecule has 0 amide bonds. The molecule has 194 valence electrons. The fourth-order valence-corrected chi connectivity index (χ4v) is 5.41. The van der Waals surface area contributed by atoms with Crippen LogP contribution in [0.5, 0.6) is 11.5 Å². The Morgan fingerprint density at radius 3 is 2.53 bits per heavy atom. The molecule has 5 rings (SSSR count). The largest absolute Gasteiger partial charge is 0.508 e. The first kappa shape index (κ1) is 26.2. The van der Waals surface area contributed by atoms with Crippen LogP contribution in [0.25, 0.3) is 32.8 Å². The van der Waals surface area contributed by atoms with Crippen molar-refractivity contribution in [2.75, 3.05) is 7.11 Å². The summed E-state index contributed by atoms with van der Waals surface area (Å²) in [6.45, 7) is 2.20. The average molecular weight is 590 g/mol. The van der Waals surface area contributed by atoms with Crippen LogP contribution in [0.15, 0.2) is 86.0 Å². The van der Waals surface area contributed by atoms with Crippen molar-refractivity contribution in [1.82, 2.24) is 4.98 Å². The molecule has 0 spiro atoms. The number of fused-ring (bicyclic) bond motifs is 1. The highest BCUT2D eigenvalue weighted by Gasteiger charge is 2.14. The maximum Gasteiger partial charge on any atom is 0.230 e. The molecule has 0 aliphatic heterocycles. The zero-order chi connectivity index (χ0) is 26.5. The molecule has 0 aliphatic carbocycles. The number of rotatable bonds is 9. The number of methoxy groups -OCH3 is 1. The number of aromatic hydroxyl groups is 1.